The number of carbonyl (C=O) groups is 2. The SMILES string of the molecule is COc1cc(NC(=O)c2cccc(CN3CCOCC3)c2)ccc1N1CCCC1=O. The lowest BCUT2D eigenvalue weighted by atomic mass is 10.1. The van der Waals surface area contributed by atoms with Crippen LogP contribution in [0.5, 0.6) is 5.75 Å². The number of hydrogen-bond acceptors (Lipinski definition) is 5. The molecule has 7 nitrogen and oxygen atoms in total. The highest BCUT2D eigenvalue weighted by atomic mass is 16.5. The Morgan fingerprint density at radius 2 is 1.97 bits per heavy atom. The molecule has 2 fully saturated rings. The van der Waals surface area contributed by atoms with Gasteiger partial charge in [-0.05, 0) is 36.2 Å². The lowest BCUT2D eigenvalue weighted by Gasteiger charge is -2.26. The third-order valence-corrected chi connectivity index (χ3v) is 5.50. The number of ether oxygens (including phenoxy) is 2. The van der Waals surface area contributed by atoms with Crippen LogP contribution < -0.4 is 15.0 Å². The van der Waals surface area contributed by atoms with Crippen molar-refractivity contribution in [3.63, 3.8) is 0 Å². The minimum Gasteiger partial charge on any atom is -0.494 e. The molecule has 30 heavy (non-hydrogen) atoms. The van der Waals surface area contributed by atoms with Crippen molar-refractivity contribution in [2.24, 2.45) is 0 Å². The molecule has 2 aliphatic rings. The van der Waals surface area contributed by atoms with E-state index in [4.69, 9.17) is 9.47 Å². The van der Waals surface area contributed by atoms with Crippen molar-refractivity contribution in [3.8, 4) is 5.75 Å². The molecular formula is C23H27N3O4. The van der Waals surface area contributed by atoms with Crippen LogP contribution in [0.4, 0.5) is 11.4 Å². The summed E-state index contributed by atoms with van der Waals surface area (Å²) < 4.78 is 10.9. The Kier molecular flexibility index (Phi) is 6.30. The maximum atomic E-state index is 12.8. The Morgan fingerprint density at radius 3 is 2.70 bits per heavy atom. The van der Waals surface area contributed by atoms with Crippen molar-refractivity contribution in [1.82, 2.24) is 4.90 Å². The molecule has 7 heteroatoms. The molecule has 0 aromatic heterocycles. The highest BCUT2D eigenvalue weighted by molar-refractivity contribution is 6.05. The second kappa shape index (κ2) is 9.28. The molecule has 0 radical (unpaired) electrons. The molecule has 0 saturated carbocycles. The monoisotopic (exact) mass is 409 g/mol. The largest absolute Gasteiger partial charge is 0.494 e. The molecule has 0 atom stereocenters. The Balaban J connectivity index is 1.45. The molecule has 4 rings (SSSR count). The minimum atomic E-state index is -0.175. The second-order valence-electron chi connectivity index (χ2n) is 7.58. The Hall–Kier alpha value is -2.90. The van der Waals surface area contributed by atoms with Crippen LogP contribution in [0.2, 0.25) is 0 Å². The summed E-state index contributed by atoms with van der Waals surface area (Å²) in [7, 11) is 1.57. The van der Waals surface area contributed by atoms with E-state index in [0.29, 0.717) is 30.0 Å². The molecule has 2 aromatic rings. The van der Waals surface area contributed by atoms with Gasteiger partial charge in [0.1, 0.15) is 5.75 Å². The molecule has 2 amide bonds. The molecule has 0 spiro atoms. The number of carbonyl (C=O) groups excluding carboxylic acids is 2. The van der Waals surface area contributed by atoms with Gasteiger partial charge in [0.25, 0.3) is 5.91 Å². The van der Waals surface area contributed by atoms with Crippen molar-refractivity contribution >= 4 is 23.2 Å². The lowest BCUT2D eigenvalue weighted by molar-refractivity contribution is -0.117. The van der Waals surface area contributed by atoms with E-state index in [1.54, 1.807) is 24.1 Å². The summed E-state index contributed by atoms with van der Waals surface area (Å²) in [6, 6.07) is 13.1. The molecule has 0 bridgehead atoms. The molecule has 158 valence electrons. The van der Waals surface area contributed by atoms with E-state index in [1.807, 2.05) is 30.3 Å². The zero-order valence-corrected chi connectivity index (χ0v) is 17.2. The number of hydrogen-bond donors (Lipinski definition) is 1. The standard InChI is InChI=1S/C23H27N3O4/c1-29-21-15-19(7-8-20(21)26-9-3-6-22(26)27)24-23(28)18-5-2-4-17(14-18)16-25-10-12-30-13-11-25/h2,4-5,7-8,14-15H,3,6,9-13,16H2,1H3,(H,24,28). The first-order valence-electron chi connectivity index (χ1n) is 10.3. The number of nitrogens with zero attached hydrogens (tertiary/aromatic N) is 2. The van der Waals surface area contributed by atoms with Crippen molar-refractivity contribution in [2.45, 2.75) is 19.4 Å². The number of anilines is 2. The maximum Gasteiger partial charge on any atom is 0.255 e. The number of morpholine rings is 1. The normalized spacial score (nSPS) is 17.2. The van der Waals surface area contributed by atoms with Gasteiger partial charge in [0.05, 0.1) is 26.0 Å². The first-order chi connectivity index (χ1) is 14.6. The quantitative estimate of drug-likeness (QED) is 0.794. The van der Waals surface area contributed by atoms with E-state index in [0.717, 1.165) is 50.5 Å². The van der Waals surface area contributed by atoms with E-state index in [1.165, 1.54) is 0 Å². The van der Waals surface area contributed by atoms with E-state index in [-0.39, 0.29) is 11.8 Å². The third kappa shape index (κ3) is 4.63. The summed E-state index contributed by atoms with van der Waals surface area (Å²) in [6.07, 6.45) is 1.41. The summed E-state index contributed by atoms with van der Waals surface area (Å²) in [4.78, 5) is 28.9. The predicted molar refractivity (Wildman–Crippen MR) is 115 cm³/mol. The fourth-order valence-electron chi connectivity index (χ4n) is 3.91. The van der Waals surface area contributed by atoms with Crippen LogP contribution in [-0.2, 0) is 16.1 Å². The zero-order valence-electron chi connectivity index (χ0n) is 17.2. The second-order valence-corrected chi connectivity index (χ2v) is 7.58. The molecule has 2 heterocycles. The minimum absolute atomic E-state index is 0.0992. The summed E-state index contributed by atoms with van der Waals surface area (Å²) in [5.74, 6) is 0.497. The molecule has 1 N–H and O–H groups in total. The van der Waals surface area contributed by atoms with Crippen LogP contribution in [0.1, 0.15) is 28.8 Å². The number of amides is 2. The first-order valence-corrected chi connectivity index (χ1v) is 10.3. The first kappa shape index (κ1) is 20.4. The average molecular weight is 409 g/mol. The van der Waals surface area contributed by atoms with Crippen LogP contribution >= 0.6 is 0 Å². The number of rotatable bonds is 6. The van der Waals surface area contributed by atoms with Gasteiger partial charge in [-0.15, -0.1) is 0 Å². The topological polar surface area (TPSA) is 71.1 Å². The van der Waals surface area contributed by atoms with Crippen molar-refractivity contribution < 1.29 is 19.1 Å². The molecule has 2 aromatic carbocycles. The van der Waals surface area contributed by atoms with Gasteiger partial charge in [-0.1, -0.05) is 12.1 Å². The summed E-state index contributed by atoms with van der Waals surface area (Å²) in [5.41, 5.74) is 3.08. The van der Waals surface area contributed by atoms with Crippen LogP contribution in [0.25, 0.3) is 0 Å². The van der Waals surface area contributed by atoms with E-state index < -0.39 is 0 Å². The summed E-state index contributed by atoms with van der Waals surface area (Å²) in [6.45, 7) is 4.81. The van der Waals surface area contributed by atoms with Gasteiger partial charge in [-0.3, -0.25) is 14.5 Å². The van der Waals surface area contributed by atoms with Crippen LogP contribution in [-0.4, -0.2) is 56.7 Å². The highest BCUT2D eigenvalue weighted by Gasteiger charge is 2.24. The number of benzene rings is 2. The highest BCUT2D eigenvalue weighted by Crippen LogP contribution is 2.34. The van der Waals surface area contributed by atoms with Gasteiger partial charge in [0, 0.05) is 49.9 Å². The average Bonchev–Trinajstić information content (AvgIpc) is 3.20. The lowest BCUT2D eigenvalue weighted by Crippen LogP contribution is -2.35. The molecule has 0 aliphatic carbocycles. The molecular weight excluding hydrogens is 382 g/mol. The van der Waals surface area contributed by atoms with Crippen LogP contribution in [0.15, 0.2) is 42.5 Å². The zero-order chi connectivity index (χ0) is 20.9. The van der Waals surface area contributed by atoms with Gasteiger partial charge >= 0.3 is 0 Å². The molecule has 2 aliphatic heterocycles. The van der Waals surface area contributed by atoms with Gasteiger partial charge in [-0.2, -0.15) is 0 Å². The maximum absolute atomic E-state index is 12.8. The number of nitrogens with one attached hydrogen (secondary N) is 1. The molecule has 2 saturated heterocycles. The van der Waals surface area contributed by atoms with Crippen molar-refractivity contribution in [2.75, 3.05) is 50.2 Å². The predicted octanol–water partition coefficient (Wildman–Crippen LogP) is 2.91. The fourth-order valence-corrected chi connectivity index (χ4v) is 3.91. The summed E-state index contributed by atoms with van der Waals surface area (Å²) >= 11 is 0. The Morgan fingerprint density at radius 1 is 1.13 bits per heavy atom. The number of methoxy groups -OCH3 is 1. The van der Waals surface area contributed by atoms with Crippen molar-refractivity contribution in [1.29, 1.82) is 0 Å². The molecule has 0 unspecified atom stereocenters. The van der Waals surface area contributed by atoms with Crippen molar-refractivity contribution in [3.05, 3.63) is 53.6 Å². The van der Waals surface area contributed by atoms with Crippen LogP contribution in [0.3, 0.4) is 0 Å². The van der Waals surface area contributed by atoms with Gasteiger partial charge in [0.15, 0.2) is 0 Å². The smallest absolute Gasteiger partial charge is 0.255 e. The third-order valence-electron chi connectivity index (χ3n) is 5.50. The Bertz CT molecular complexity index is 924. The fraction of sp³-hybridized carbons (Fsp3) is 0.391. The van der Waals surface area contributed by atoms with E-state index in [9.17, 15) is 9.59 Å². The van der Waals surface area contributed by atoms with Gasteiger partial charge in [0.2, 0.25) is 5.91 Å². The van der Waals surface area contributed by atoms with Gasteiger partial charge in [-0.25, -0.2) is 0 Å². The van der Waals surface area contributed by atoms with Crippen LogP contribution in [0, 0.1) is 0 Å². The Labute approximate surface area is 176 Å². The van der Waals surface area contributed by atoms with E-state index in [2.05, 4.69) is 10.2 Å². The van der Waals surface area contributed by atoms with Gasteiger partial charge < -0.3 is 19.7 Å². The summed E-state index contributed by atoms with van der Waals surface area (Å²) in [5, 5.41) is 2.94. The van der Waals surface area contributed by atoms with E-state index >= 15 is 0 Å².